The minimum absolute atomic E-state index is 0.113. The number of hydrogen-bond donors (Lipinski definition) is 2. The quantitative estimate of drug-likeness (QED) is 0.502. The molecule has 3 aromatic carbocycles. The molecule has 0 spiro atoms. The van der Waals surface area contributed by atoms with Gasteiger partial charge >= 0.3 is 0 Å². The molecule has 4 heteroatoms. The van der Waals surface area contributed by atoms with E-state index in [1.165, 1.54) is 10.9 Å². The number of carbonyl (C=O) groups excluding carboxylic acids is 1. The maximum absolute atomic E-state index is 12.8. The zero-order valence-electron chi connectivity index (χ0n) is 16.3. The molecule has 1 aromatic heterocycles. The average Bonchev–Trinajstić information content (AvgIpc) is 3.18. The van der Waals surface area contributed by atoms with Crippen LogP contribution in [0.2, 0.25) is 0 Å². The van der Waals surface area contributed by atoms with Gasteiger partial charge in [0.1, 0.15) is 0 Å². The van der Waals surface area contributed by atoms with Gasteiger partial charge in [0.2, 0.25) is 0 Å². The number of fused-ring (bicyclic) bond motifs is 1. The van der Waals surface area contributed by atoms with Crippen molar-refractivity contribution in [3.8, 4) is 11.1 Å². The second-order valence-electron chi connectivity index (χ2n) is 7.17. The van der Waals surface area contributed by atoms with E-state index in [-0.39, 0.29) is 5.91 Å². The summed E-state index contributed by atoms with van der Waals surface area (Å²) in [6, 6.07) is 22.0. The van der Waals surface area contributed by atoms with Gasteiger partial charge in [-0.15, -0.1) is 0 Å². The van der Waals surface area contributed by atoms with Crippen LogP contribution in [0.4, 0.5) is 11.4 Å². The Bertz CT molecular complexity index is 1160. The Kier molecular flexibility index (Phi) is 4.62. The van der Waals surface area contributed by atoms with Crippen LogP contribution in [-0.4, -0.2) is 25.0 Å². The largest absolute Gasteiger partial charge is 0.378 e. The molecule has 0 aliphatic rings. The fraction of sp³-hybridized carbons (Fsp3) is 0.125. The molecule has 28 heavy (non-hydrogen) atoms. The molecular weight excluding hydrogens is 346 g/mol. The lowest BCUT2D eigenvalue weighted by Gasteiger charge is -2.14. The van der Waals surface area contributed by atoms with Crippen molar-refractivity contribution in [2.24, 2.45) is 0 Å². The first-order valence-corrected chi connectivity index (χ1v) is 9.29. The summed E-state index contributed by atoms with van der Waals surface area (Å²) in [7, 11) is 3.93. The molecule has 1 heterocycles. The first kappa shape index (κ1) is 17.9. The van der Waals surface area contributed by atoms with Crippen LogP contribution >= 0.6 is 0 Å². The molecule has 4 rings (SSSR count). The minimum Gasteiger partial charge on any atom is -0.378 e. The average molecular weight is 369 g/mol. The van der Waals surface area contributed by atoms with Crippen molar-refractivity contribution in [3.63, 3.8) is 0 Å². The molecule has 0 radical (unpaired) electrons. The van der Waals surface area contributed by atoms with Crippen LogP contribution in [0.3, 0.4) is 0 Å². The number of nitrogens with one attached hydrogen (secondary N) is 2. The van der Waals surface area contributed by atoms with Crippen LogP contribution < -0.4 is 10.2 Å². The number of aryl methyl sites for hydroxylation is 1. The Balaban J connectivity index is 1.67. The molecule has 0 fully saturated rings. The van der Waals surface area contributed by atoms with Crippen molar-refractivity contribution >= 4 is 28.2 Å². The second kappa shape index (κ2) is 7.24. The molecule has 0 atom stereocenters. The van der Waals surface area contributed by atoms with Gasteiger partial charge in [-0.05, 0) is 66.1 Å². The van der Waals surface area contributed by atoms with E-state index >= 15 is 0 Å². The molecule has 140 valence electrons. The highest BCUT2D eigenvalue weighted by molar-refractivity contribution is 6.05. The summed E-state index contributed by atoms with van der Waals surface area (Å²) in [6.45, 7) is 2.09. The lowest BCUT2D eigenvalue weighted by molar-refractivity contribution is 0.102. The van der Waals surface area contributed by atoms with Crippen molar-refractivity contribution in [1.29, 1.82) is 0 Å². The first-order chi connectivity index (χ1) is 13.5. The number of carbonyl (C=O) groups is 1. The van der Waals surface area contributed by atoms with Gasteiger partial charge in [-0.25, -0.2) is 0 Å². The molecule has 1 amide bonds. The summed E-state index contributed by atoms with van der Waals surface area (Å²) in [5.74, 6) is -0.113. The number of hydrogen-bond acceptors (Lipinski definition) is 2. The fourth-order valence-corrected chi connectivity index (χ4v) is 3.44. The van der Waals surface area contributed by atoms with Crippen LogP contribution in [0.5, 0.6) is 0 Å². The van der Waals surface area contributed by atoms with Gasteiger partial charge < -0.3 is 15.2 Å². The van der Waals surface area contributed by atoms with Gasteiger partial charge in [-0.3, -0.25) is 4.79 Å². The molecule has 0 unspecified atom stereocenters. The highest BCUT2D eigenvalue weighted by Crippen LogP contribution is 2.32. The summed E-state index contributed by atoms with van der Waals surface area (Å²) >= 11 is 0. The number of amides is 1. The topological polar surface area (TPSA) is 48.1 Å². The summed E-state index contributed by atoms with van der Waals surface area (Å²) in [5, 5.41) is 4.21. The van der Waals surface area contributed by atoms with E-state index in [1.807, 2.05) is 73.7 Å². The summed E-state index contributed by atoms with van der Waals surface area (Å²) in [6.07, 6.45) is 1.95. The smallest absolute Gasteiger partial charge is 0.255 e. The van der Waals surface area contributed by atoms with Gasteiger partial charge in [0, 0.05) is 48.1 Å². The number of aromatic amines is 1. The molecular formula is C24H23N3O. The predicted molar refractivity (Wildman–Crippen MR) is 117 cm³/mol. The van der Waals surface area contributed by atoms with E-state index in [2.05, 4.69) is 35.4 Å². The predicted octanol–water partition coefficient (Wildman–Crippen LogP) is 5.46. The van der Waals surface area contributed by atoms with Gasteiger partial charge in [0.25, 0.3) is 5.91 Å². The van der Waals surface area contributed by atoms with Crippen LogP contribution in [0, 0.1) is 6.92 Å². The Morgan fingerprint density at radius 2 is 1.75 bits per heavy atom. The van der Waals surface area contributed by atoms with E-state index in [4.69, 9.17) is 0 Å². The van der Waals surface area contributed by atoms with E-state index < -0.39 is 0 Å². The molecule has 4 nitrogen and oxygen atoms in total. The molecule has 0 saturated heterocycles. The van der Waals surface area contributed by atoms with Gasteiger partial charge in [-0.1, -0.05) is 24.3 Å². The number of benzene rings is 3. The van der Waals surface area contributed by atoms with E-state index in [9.17, 15) is 4.79 Å². The first-order valence-electron chi connectivity index (χ1n) is 9.29. The monoisotopic (exact) mass is 369 g/mol. The maximum Gasteiger partial charge on any atom is 0.255 e. The zero-order chi connectivity index (χ0) is 19.7. The normalized spacial score (nSPS) is 10.8. The highest BCUT2D eigenvalue weighted by Gasteiger charge is 2.11. The van der Waals surface area contributed by atoms with Crippen LogP contribution in [0.15, 0.2) is 72.9 Å². The molecule has 0 aliphatic heterocycles. The third kappa shape index (κ3) is 3.37. The number of anilines is 2. The fourth-order valence-electron chi connectivity index (χ4n) is 3.44. The van der Waals surface area contributed by atoms with Crippen molar-refractivity contribution < 1.29 is 4.79 Å². The number of H-pyrrole nitrogens is 1. The maximum atomic E-state index is 12.8. The lowest BCUT2D eigenvalue weighted by Crippen LogP contribution is -2.14. The van der Waals surface area contributed by atoms with E-state index in [1.54, 1.807) is 0 Å². The highest BCUT2D eigenvalue weighted by atomic mass is 16.1. The summed E-state index contributed by atoms with van der Waals surface area (Å²) < 4.78 is 0. The number of nitrogens with zero attached hydrogens (tertiary/aromatic N) is 1. The van der Waals surface area contributed by atoms with Gasteiger partial charge in [0.15, 0.2) is 0 Å². The molecule has 0 saturated carbocycles. The van der Waals surface area contributed by atoms with Gasteiger partial charge in [0.05, 0.1) is 0 Å². The van der Waals surface area contributed by atoms with Crippen LogP contribution in [-0.2, 0) is 0 Å². The van der Waals surface area contributed by atoms with Crippen LogP contribution in [0.25, 0.3) is 22.0 Å². The van der Waals surface area contributed by atoms with E-state index in [0.717, 1.165) is 28.0 Å². The number of aromatic nitrogens is 1. The Morgan fingerprint density at radius 3 is 2.57 bits per heavy atom. The SMILES string of the molecule is Cc1ccc(NC(=O)c2cccc(N(C)C)c2)cc1-c1cccc2[nH]ccc12. The summed E-state index contributed by atoms with van der Waals surface area (Å²) in [5.41, 5.74) is 6.96. The molecule has 0 bridgehead atoms. The Morgan fingerprint density at radius 1 is 0.929 bits per heavy atom. The second-order valence-corrected chi connectivity index (χ2v) is 7.17. The Hall–Kier alpha value is -3.53. The van der Waals surface area contributed by atoms with Crippen LogP contribution in [0.1, 0.15) is 15.9 Å². The number of rotatable bonds is 4. The third-order valence-corrected chi connectivity index (χ3v) is 5.01. The van der Waals surface area contributed by atoms with Crippen molar-refractivity contribution in [3.05, 3.63) is 84.1 Å². The summed E-state index contributed by atoms with van der Waals surface area (Å²) in [4.78, 5) is 18.0. The zero-order valence-corrected chi connectivity index (χ0v) is 16.3. The molecule has 0 aliphatic carbocycles. The van der Waals surface area contributed by atoms with Gasteiger partial charge in [-0.2, -0.15) is 0 Å². The van der Waals surface area contributed by atoms with E-state index in [0.29, 0.717) is 5.56 Å². The minimum atomic E-state index is -0.113. The van der Waals surface area contributed by atoms with Crippen molar-refractivity contribution in [1.82, 2.24) is 4.98 Å². The third-order valence-electron chi connectivity index (χ3n) is 5.01. The van der Waals surface area contributed by atoms with Crippen molar-refractivity contribution in [2.45, 2.75) is 6.92 Å². The Labute approximate surface area is 164 Å². The molecule has 4 aromatic rings. The standard InChI is InChI=1S/C24H23N3O/c1-16-10-11-18(26-24(28)17-6-4-7-19(14-17)27(2)3)15-22(16)20-8-5-9-23-21(20)12-13-25-23/h4-15,25H,1-3H3,(H,26,28). The van der Waals surface area contributed by atoms with Crippen molar-refractivity contribution in [2.75, 3.05) is 24.3 Å². The lowest BCUT2D eigenvalue weighted by atomic mass is 9.97. The molecule has 2 N–H and O–H groups in total.